The van der Waals surface area contributed by atoms with Crippen molar-refractivity contribution in [3.05, 3.63) is 77.9 Å². The van der Waals surface area contributed by atoms with Crippen LogP contribution in [-0.4, -0.2) is 36.3 Å². The summed E-state index contributed by atoms with van der Waals surface area (Å²) in [7, 11) is 2.18. The standard InChI is InChI=1S/C28H37NO4Si/c1-20-25(30-5)18-23(27(32-7)26(20)31-6)24(29)19-33-34(28(2,3)4,21-14-10-8-11-15-21)22-16-12-9-13-17-22/h8-18,24H,19,29H2,1-7H3/t24-/m0/s1. The summed E-state index contributed by atoms with van der Waals surface area (Å²) in [5.41, 5.74) is 8.44. The van der Waals surface area contributed by atoms with E-state index < -0.39 is 14.4 Å². The summed E-state index contributed by atoms with van der Waals surface area (Å²) < 4.78 is 24.0. The highest BCUT2D eigenvalue weighted by molar-refractivity contribution is 6.99. The quantitative estimate of drug-likeness (QED) is 0.455. The van der Waals surface area contributed by atoms with Gasteiger partial charge in [0.15, 0.2) is 11.5 Å². The molecule has 0 aliphatic heterocycles. The Hall–Kier alpha value is -2.80. The maximum atomic E-state index is 7.04. The fraction of sp³-hybridized carbons (Fsp3) is 0.357. The fourth-order valence-electron chi connectivity index (χ4n) is 4.74. The first kappa shape index (κ1) is 25.8. The maximum absolute atomic E-state index is 7.04. The molecule has 2 N–H and O–H groups in total. The van der Waals surface area contributed by atoms with E-state index >= 15 is 0 Å². The minimum absolute atomic E-state index is 0.137. The average molecular weight is 480 g/mol. The van der Waals surface area contributed by atoms with Crippen molar-refractivity contribution in [1.82, 2.24) is 0 Å². The lowest BCUT2D eigenvalue weighted by Crippen LogP contribution is -2.67. The van der Waals surface area contributed by atoms with Crippen molar-refractivity contribution < 1.29 is 18.6 Å². The number of rotatable bonds is 9. The van der Waals surface area contributed by atoms with Gasteiger partial charge in [0.2, 0.25) is 0 Å². The third-order valence-corrected chi connectivity index (χ3v) is 11.4. The van der Waals surface area contributed by atoms with Crippen molar-refractivity contribution in [2.75, 3.05) is 27.9 Å². The molecule has 0 amide bonds. The van der Waals surface area contributed by atoms with E-state index in [1.807, 2.05) is 25.1 Å². The summed E-state index contributed by atoms with van der Waals surface area (Å²) in [4.78, 5) is 0. The molecule has 0 aliphatic carbocycles. The second-order valence-corrected chi connectivity index (χ2v) is 13.7. The summed E-state index contributed by atoms with van der Waals surface area (Å²) in [6, 6.07) is 22.6. The normalized spacial score (nSPS) is 12.8. The molecule has 0 spiro atoms. The monoisotopic (exact) mass is 479 g/mol. The number of hydrogen-bond acceptors (Lipinski definition) is 5. The Morgan fingerprint density at radius 2 is 1.29 bits per heavy atom. The van der Waals surface area contributed by atoms with Crippen molar-refractivity contribution in [2.45, 2.75) is 38.8 Å². The van der Waals surface area contributed by atoms with Crippen molar-refractivity contribution >= 4 is 18.7 Å². The van der Waals surface area contributed by atoms with Gasteiger partial charge in [-0.3, -0.25) is 0 Å². The van der Waals surface area contributed by atoms with E-state index in [-0.39, 0.29) is 5.04 Å². The lowest BCUT2D eigenvalue weighted by Gasteiger charge is -2.43. The molecule has 6 heteroatoms. The number of nitrogens with two attached hydrogens (primary N) is 1. The van der Waals surface area contributed by atoms with Crippen LogP contribution in [0.3, 0.4) is 0 Å². The molecule has 5 nitrogen and oxygen atoms in total. The Morgan fingerprint density at radius 3 is 1.71 bits per heavy atom. The van der Waals surface area contributed by atoms with Gasteiger partial charge in [0.1, 0.15) is 5.75 Å². The summed E-state index contributed by atoms with van der Waals surface area (Å²) in [5, 5.41) is 2.29. The summed E-state index contributed by atoms with van der Waals surface area (Å²) in [5.74, 6) is 1.94. The molecule has 182 valence electrons. The van der Waals surface area contributed by atoms with Gasteiger partial charge in [0.05, 0.1) is 34.0 Å². The van der Waals surface area contributed by atoms with E-state index in [9.17, 15) is 0 Å². The highest BCUT2D eigenvalue weighted by Gasteiger charge is 2.50. The second kappa shape index (κ2) is 10.6. The third kappa shape index (κ3) is 4.71. The zero-order valence-electron chi connectivity index (χ0n) is 21.3. The van der Waals surface area contributed by atoms with E-state index in [2.05, 4.69) is 69.3 Å². The zero-order valence-corrected chi connectivity index (χ0v) is 22.3. The third-order valence-electron chi connectivity index (χ3n) is 6.39. The summed E-state index contributed by atoms with van der Waals surface area (Å²) >= 11 is 0. The van der Waals surface area contributed by atoms with Crippen molar-refractivity contribution in [2.24, 2.45) is 5.73 Å². The van der Waals surface area contributed by atoms with Crippen LogP contribution in [-0.2, 0) is 4.43 Å². The van der Waals surface area contributed by atoms with Gasteiger partial charge in [-0.25, -0.2) is 0 Å². The lowest BCUT2D eigenvalue weighted by molar-refractivity contribution is 0.267. The van der Waals surface area contributed by atoms with Crippen LogP contribution < -0.4 is 30.3 Å². The van der Waals surface area contributed by atoms with Gasteiger partial charge in [0, 0.05) is 11.1 Å². The van der Waals surface area contributed by atoms with Crippen molar-refractivity contribution in [1.29, 1.82) is 0 Å². The summed E-state index contributed by atoms with van der Waals surface area (Å²) in [6.45, 7) is 9.02. The number of methoxy groups -OCH3 is 3. The molecular weight excluding hydrogens is 442 g/mol. The van der Waals surface area contributed by atoms with E-state index in [1.54, 1.807) is 21.3 Å². The van der Waals surface area contributed by atoms with E-state index in [4.69, 9.17) is 24.4 Å². The molecule has 0 heterocycles. The first-order valence-electron chi connectivity index (χ1n) is 11.5. The summed E-state index contributed by atoms with van der Waals surface area (Å²) in [6.07, 6.45) is 0. The van der Waals surface area contributed by atoms with Crippen molar-refractivity contribution in [3.63, 3.8) is 0 Å². The minimum Gasteiger partial charge on any atom is -0.496 e. The Balaban J connectivity index is 2.10. The predicted molar refractivity (Wildman–Crippen MR) is 141 cm³/mol. The smallest absolute Gasteiger partial charge is 0.261 e. The highest BCUT2D eigenvalue weighted by atomic mass is 28.4. The molecule has 34 heavy (non-hydrogen) atoms. The molecule has 3 aromatic carbocycles. The molecule has 0 bridgehead atoms. The van der Waals surface area contributed by atoms with E-state index in [0.29, 0.717) is 23.9 Å². The molecule has 0 aliphatic rings. The number of benzene rings is 3. The van der Waals surface area contributed by atoms with Gasteiger partial charge in [-0.05, 0) is 28.4 Å². The number of ether oxygens (including phenoxy) is 3. The van der Waals surface area contributed by atoms with Crippen LogP contribution >= 0.6 is 0 Å². The van der Waals surface area contributed by atoms with Crippen LogP contribution in [0.25, 0.3) is 0 Å². The Labute approximate surface area is 204 Å². The molecule has 1 atom stereocenters. The second-order valence-electron chi connectivity index (χ2n) is 9.44. The van der Waals surface area contributed by atoms with Crippen LogP contribution in [0.1, 0.15) is 37.9 Å². The maximum Gasteiger partial charge on any atom is 0.261 e. The average Bonchev–Trinajstić information content (AvgIpc) is 2.84. The van der Waals surface area contributed by atoms with Gasteiger partial charge in [-0.1, -0.05) is 81.4 Å². The van der Waals surface area contributed by atoms with Crippen molar-refractivity contribution in [3.8, 4) is 17.2 Å². The first-order chi connectivity index (χ1) is 16.2. The van der Waals surface area contributed by atoms with Crippen LogP contribution in [0.2, 0.25) is 5.04 Å². The van der Waals surface area contributed by atoms with Crippen LogP contribution in [0.5, 0.6) is 17.2 Å². The van der Waals surface area contributed by atoms with Crippen LogP contribution in [0.15, 0.2) is 66.7 Å². The van der Waals surface area contributed by atoms with E-state index in [1.165, 1.54) is 10.4 Å². The lowest BCUT2D eigenvalue weighted by atomic mass is 10.0. The molecule has 0 unspecified atom stereocenters. The van der Waals surface area contributed by atoms with Gasteiger partial charge >= 0.3 is 0 Å². The zero-order chi connectivity index (χ0) is 24.9. The molecule has 0 radical (unpaired) electrons. The molecular formula is C28H37NO4Si. The SMILES string of the molecule is COc1cc([C@@H](N)CO[Si](c2ccccc2)(c2ccccc2)C(C)(C)C)c(OC)c(OC)c1C. The molecule has 0 aromatic heterocycles. The first-order valence-corrected chi connectivity index (χ1v) is 13.4. The molecule has 3 rings (SSSR count). The van der Waals surface area contributed by atoms with E-state index in [0.717, 1.165) is 11.1 Å². The molecule has 0 fully saturated rings. The minimum atomic E-state index is -2.71. The molecule has 3 aromatic rings. The fourth-order valence-corrected chi connectivity index (χ4v) is 9.32. The Kier molecular flexibility index (Phi) is 8.07. The van der Waals surface area contributed by atoms with Crippen LogP contribution in [0, 0.1) is 6.92 Å². The molecule has 0 saturated carbocycles. The predicted octanol–water partition coefficient (Wildman–Crippen LogP) is 4.60. The largest absolute Gasteiger partial charge is 0.496 e. The topological polar surface area (TPSA) is 62.9 Å². The van der Waals surface area contributed by atoms with Gasteiger partial charge in [-0.15, -0.1) is 0 Å². The molecule has 0 saturated heterocycles. The van der Waals surface area contributed by atoms with Gasteiger partial charge < -0.3 is 24.4 Å². The number of hydrogen-bond donors (Lipinski definition) is 1. The van der Waals surface area contributed by atoms with Gasteiger partial charge in [-0.2, -0.15) is 0 Å². The highest BCUT2D eigenvalue weighted by Crippen LogP contribution is 2.43. The van der Waals surface area contributed by atoms with Crippen LogP contribution in [0.4, 0.5) is 0 Å². The Bertz CT molecular complexity index is 1040. The van der Waals surface area contributed by atoms with Gasteiger partial charge in [0.25, 0.3) is 8.32 Å². The Morgan fingerprint density at radius 1 is 0.794 bits per heavy atom.